The topological polar surface area (TPSA) is 39.5 Å². The standard InChI is InChI=1S/C18H22FN3O2/c1-13-17(20-22-5-2-8-24-18(13)22)15-4-3-14(11-16(15)19)12-21-6-9-23-10-7-21/h3-4,11H,2,5-10,12H2,1H3. The van der Waals surface area contributed by atoms with E-state index in [0.717, 1.165) is 62.8 Å². The maximum absolute atomic E-state index is 14.7. The van der Waals surface area contributed by atoms with E-state index < -0.39 is 0 Å². The Morgan fingerprint density at radius 3 is 2.75 bits per heavy atom. The van der Waals surface area contributed by atoms with Crippen LogP contribution in [0.4, 0.5) is 4.39 Å². The molecule has 0 saturated carbocycles. The number of hydrogen-bond acceptors (Lipinski definition) is 4. The molecule has 1 fully saturated rings. The molecule has 0 aliphatic carbocycles. The average molecular weight is 331 g/mol. The first kappa shape index (κ1) is 15.6. The van der Waals surface area contributed by atoms with Crippen molar-refractivity contribution in [2.75, 3.05) is 32.9 Å². The van der Waals surface area contributed by atoms with Crippen molar-refractivity contribution in [2.45, 2.75) is 26.4 Å². The van der Waals surface area contributed by atoms with Gasteiger partial charge in [0.15, 0.2) is 0 Å². The van der Waals surface area contributed by atoms with Crippen LogP contribution >= 0.6 is 0 Å². The number of nitrogens with zero attached hydrogens (tertiary/aromatic N) is 3. The molecule has 2 aliphatic heterocycles. The largest absolute Gasteiger partial charge is 0.478 e. The minimum Gasteiger partial charge on any atom is -0.478 e. The smallest absolute Gasteiger partial charge is 0.215 e. The zero-order valence-electron chi connectivity index (χ0n) is 13.9. The van der Waals surface area contributed by atoms with Gasteiger partial charge in [0.2, 0.25) is 5.88 Å². The van der Waals surface area contributed by atoms with Crippen LogP contribution in [-0.2, 0) is 17.8 Å². The number of benzene rings is 1. The van der Waals surface area contributed by atoms with Crippen LogP contribution in [0, 0.1) is 12.7 Å². The second-order valence-corrected chi connectivity index (χ2v) is 6.41. The van der Waals surface area contributed by atoms with Crippen molar-refractivity contribution in [1.29, 1.82) is 0 Å². The minimum absolute atomic E-state index is 0.223. The SMILES string of the molecule is Cc1c(-c2ccc(CN3CCOCC3)cc2F)nn2c1OCCC2. The fourth-order valence-corrected chi connectivity index (χ4v) is 3.38. The Morgan fingerprint density at radius 1 is 1.17 bits per heavy atom. The lowest BCUT2D eigenvalue weighted by Crippen LogP contribution is -2.35. The van der Waals surface area contributed by atoms with Gasteiger partial charge in [-0.2, -0.15) is 5.10 Å². The maximum atomic E-state index is 14.7. The predicted octanol–water partition coefficient (Wildman–Crippen LogP) is 2.61. The third-order valence-electron chi connectivity index (χ3n) is 4.68. The summed E-state index contributed by atoms with van der Waals surface area (Å²) in [6.07, 6.45) is 0.939. The van der Waals surface area contributed by atoms with E-state index >= 15 is 0 Å². The van der Waals surface area contributed by atoms with Crippen molar-refractivity contribution in [3.8, 4) is 17.1 Å². The van der Waals surface area contributed by atoms with Crippen LogP contribution in [-0.4, -0.2) is 47.6 Å². The van der Waals surface area contributed by atoms with Gasteiger partial charge in [-0.25, -0.2) is 9.07 Å². The highest BCUT2D eigenvalue weighted by Crippen LogP contribution is 2.33. The van der Waals surface area contributed by atoms with Gasteiger partial charge in [-0.1, -0.05) is 6.07 Å². The molecule has 4 rings (SSSR count). The molecule has 3 heterocycles. The number of aromatic nitrogens is 2. The molecule has 24 heavy (non-hydrogen) atoms. The lowest BCUT2D eigenvalue weighted by Gasteiger charge is -2.26. The molecule has 2 aromatic rings. The van der Waals surface area contributed by atoms with E-state index in [4.69, 9.17) is 9.47 Å². The summed E-state index contributed by atoms with van der Waals surface area (Å²) in [6, 6.07) is 5.46. The molecule has 1 aromatic heterocycles. The van der Waals surface area contributed by atoms with Gasteiger partial charge in [-0.3, -0.25) is 4.90 Å². The van der Waals surface area contributed by atoms with Gasteiger partial charge in [-0.15, -0.1) is 0 Å². The number of morpholine rings is 1. The van der Waals surface area contributed by atoms with Crippen LogP contribution in [0.3, 0.4) is 0 Å². The normalized spacial score (nSPS) is 18.2. The Balaban J connectivity index is 1.59. The van der Waals surface area contributed by atoms with Crippen molar-refractivity contribution >= 4 is 0 Å². The highest BCUT2D eigenvalue weighted by molar-refractivity contribution is 5.66. The van der Waals surface area contributed by atoms with Crippen LogP contribution in [0.5, 0.6) is 5.88 Å². The van der Waals surface area contributed by atoms with Crippen molar-refractivity contribution in [3.05, 3.63) is 35.1 Å². The predicted molar refractivity (Wildman–Crippen MR) is 88.6 cm³/mol. The quantitative estimate of drug-likeness (QED) is 0.867. The number of rotatable bonds is 3. The summed E-state index contributed by atoms with van der Waals surface area (Å²) in [5.41, 5.74) is 3.12. The number of hydrogen-bond donors (Lipinski definition) is 0. The number of halogens is 1. The molecule has 5 nitrogen and oxygen atoms in total. The zero-order chi connectivity index (χ0) is 16.5. The molecule has 0 N–H and O–H groups in total. The summed E-state index contributed by atoms with van der Waals surface area (Å²) in [5.74, 6) is 0.548. The minimum atomic E-state index is -0.223. The Morgan fingerprint density at radius 2 is 2.00 bits per heavy atom. The third-order valence-corrected chi connectivity index (χ3v) is 4.68. The zero-order valence-corrected chi connectivity index (χ0v) is 13.9. The highest BCUT2D eigenvalue weighted by atomic mass is 19.1. The van der Waals surface area contributed by atoms with E-state index in [-0.39, 0.29) is 5.82 Å². The van der Waals surface area contributed by atoms with Crippen molar-refractivity contribution < 1.29 is 13.9 Å². The average Bonchev–Trinajstić information content (AvgIpc) is 2.93. The number of ether oxygens (including phenoxy) is 2. The fraction of sp³-hybridized carbons (Fsp3) is 0.500. The molecule has 1 saturated heterocycles. The molecule has 2 aliphatic rings. The summed E-state index contributed by atoms with van der Waals surface area (Å²) in [7, 11) is 0. The maximum Gasteiger partial charge on any atom is 0.215 e. The van der Waals surface area contributed by atoms with Crippen molar-refractivity contribution in [2.24, 2.45) is 0 Å². The second kappa shape index (κ2) is 6.53. The number of aryl methyl sites for hydroxylation is 1. The third kappa shape index (κ3) is 2.91. The Labute approximate surface area is 141 Å². The molecular formula is C18H22FN3O2. The lowest BCUT2D eigenvalue weighted by molar-refractivity contribution is 0.0341. The Bertz CT molecular complexity index is 738. The summed E-state index contributed by atoms with van der Waals surface area (Å²) >= 11 is 0. The molecule has 0 spiro atoms. The molecule has 0 atom stereocenters. The van der Waals surface area contributed by atoms with Gasteiger partial charge < -0.3 is 9.47 Å². The van der Waals surface area contributed by atoms with Gasteiger partial charge in [0.25, 0.3) is 0 Å². The monoisotopic (exact) mass is 331 g/mol. The van der Waals surface area contributed by atoms with E-state index in [1.54, 1.807) is 6.07 Å². The fourth-order valence-electron chi connectivity index (χ4n) is 3.38. The van der Waals surface area contributed by atoms with Crippen molar-refractivity contribution in [1.82, 2.24) is 14.7 Å². The van der Waals surface area contributed by atoms with Gasteiger partial charge in [0.1, 0.15) is 11.5 Å². The van der Waals surface area contributed by atoms with Crippen LogP contribution in [0.25, 0.3) is 11.3 Å². The molecule has 0 amide bonds. The summed E-state index contributed by atoms with van der Waals surface area (Å²) < 4.78 is 27.6. The summed E-state index contributed by atoms with van der Waals surface area (Å²) in [6.45, 7) is 7.52. The summed E-state index contributed by atoms with van der Waals surface area (Å²) in [4.78, 5) is 2.28. The number of fused-ring (bicyclic) bond motifs is 1. The highest BCUT2D eigenvalue weighted by Gasteiger charge is 2.22. The molecule has 0 radical (unpaired) electrons. The van der Waals surface area contributed by atoms with E-state index in [2.05, 4.69) is 10.00 Å². The molecule has 1 aromatic carbocycles. The first-order chi connectivity index (χ1) is 11.7. The van der Waals surface area contributed by atoms with Crippen LogP contribution in [0.15, 0.2) is 18.2 Å². The molecular weight excluding hydrogens is 309 g/mol. The van der Waals surface area contributed by atoms with Gasteiger partial charge in [0.05, 0.1) is 19.8 Å². The van der Waals surface area contributed by atoms with Gasteiger partial charge >= 0.3 is 0 Å². The first-order valence-corrected chi connectivity index (χ1v) is 8.51. The van der Waals surface area contributed by atoms with Crippen LogP contribution in [0.1, 0.15) is 17.5 Å². The van der Waals surface area contributed by atoms with E-state index in [0.29, 0.717) is 17.9 Å². The summed E-state index contributed by atoms with van der Waals surface area (Å²) in [5, 5.41) is 4.55. The van der Waals surface area contributed by atoms with E-state index in [9.17, 15) is 4.39 Å². The molecule has 0 unspecified atom stereocenters. The Kier molecular flexibility index (Phi) is 4.24. The van der Waals surface area contributed by atoms with Gasteiger partial charge in [-0.05, 0) is 24.6 Å². The Hall–Kier alpha value is -1.92. The van der Waals surface area contributed by atoms with Crippen LogP contribution < -0.4 is 4.74 Å². The lowest BCUT2D eigenvalue weighted by atomic mass is 10.0. The molecule has 6 heteroatoms. The van der Waals surface area contributed by atoms with Crippen molar-refractivity contribution in [3.63, 3.8) is 0 Å². The first-order valence-electron chi connectivity index (χ1n) is 8.51. The van der Waals surface area contributed by atoms with Crippen LogP contribution in [0.2, 0.25) is 0 Å². The van der Waals surface area contributed by atoms with Gasteiger partial charge in [0, 0.05) is 43.7 Å². The second-order valence-electron chi connectivity index (χ2n) is 6.41. The molecule has 128 valence electrons. The van der Waals surface area contributed by atoms with E-state index in [1.165, 1.54) is 0 Å². The van der Waals surface area contributed by atoms with E-state index in [1.807, 2.05) is 23.7 Å². The molecule has 0 bridgehead atoms.